The lowest BCUT2D eigenvalue weighted by Crippen LogP contribution is -2.50. The van der Waals surface area contributed by atoms with Gasteiger partial charge in [0.2, 0.25) is 6.23 Å². The maximum atomic E-state index is 12.3. The van der Waals surface area contributed by atoms with Crippen molar-refractivity contribution < 1.29 is 14.4 Å². The molecule has 0 saturated carbocycles. The number of hydrogen-bond donors (Lipinski definition) is 0. The SMILES string of the molecule is CCOC(=O)N1CCC2(C(C)(C)C)C(C#Cc3cccc(Cl)c3)=NOC12. The van der Waals surface area contributed by atoms with Gasteiger partial charge in [-0.15, -0.1) is 0 Å². The molecule has 3 rings (SSSR count). The van der Waals surface area contributed by atoms with Crippen LogP contribution >= 0.6 is 11.6 Å². The summed E-state index contributed by atoms with van der Waals surface area (Å²) in [5, 5.41) is 4.89. The van der Waals surface area contributed by atoms with E-state index in [9.17, 15) is 4.79 Å². The number of oxime groups is 1. The van der Waals surface area contributed by atoms with Crippen molar-refractivity contribution in [2.45, 2.75) is 40.3 Å². The fourth-order valence-electron chi connectivity index (χ4n) is 3.70. The molecule has 0 aliphatic carbocycles. The summed E-state index contributed by atoms with van der Waals surface area (Å²) < 4.78 is 5.17. The largest absolute Gasteiger partial charge is 0.450 e. The first-order valence-electron chi connectivity index (χ1n) is 8.75. The van der Waals surface area contributed by atoms with Gasteiger partial charge in [0.1, 0.15) is 5.71 Å². The summed E-state index contributed by atoms with van der Waals surface area (Å²) in [4.78, 5) is 19.6. The van der Waals surface area contributed by atoms with Crippen molar-refractivity contribution in [3.8, 4) is 11.8 Å². The second kappa shape index (κ2) is 6.85. The second-order valence-corrected chi connectivity index (χ2v) is 7.96. The fraction of sp³-hybridized carbons (Fsp3) is 0.500. The summed E-state index contributed by atoms with van der Waals surface area (Å²) >= 11 is 6.03. The van der Waals surface area contributed by atoms with Crippen molar-refractivity contribution >= 4 is 23.4 Å². The van der Waals surface area contributed by atoms with E-state index in [2.05, 4.69) is 37.8 Å². The van der Waals surface area contributed by atoms with Gasteiger partial charge in [0.15, 0.2) is 0 Å². The highest BCUT2D eigenvalue weighted by atomic mass is 35.5. The Morgan fingerprint density at radius 2 is 2.23 bits per heavy atom. The average molecular weight is 375 g/mol. The van der Waals surface area contributed by atoms with Crippen LogP contribution in [0.2, 0.25) is 5.02 Å². The molecule has 1 saturated heterocycles. The molecule has 1 aromatic rings. The van der Waals surface area contributed by atoms with E-state index < -0.39 is 11.6 Å². The van der Waals surface area contributed by atoms with Gasteiger partial charge in [-0.05, 0) is 42.9 Å². The lowest BCUT2D eigenvalue weighted by atomic mass is 9.62. The van der Waals surface area contributed by atoms with Crippen LogP contribution in [0.25, 0.3) is 0 Å². The van der Waals surface area contributed by atoms with Crippen LogP contribution in [-0.4, -0.2) is 36.1 Å². The molecule has 0 bridgehead atoms. The lowest BCUT2D eigenvalue weighted by molar-refractivity contribution is -0.0713. The van der Waals surface area contributed by atoms with E-state index in [4.69, 9.17) is 21.2 Å². The van der Waals surface area contributed by atoms with Gasteiger partial charge in [0, 0.05) is 17.1 Å². The normalized spacial score (nSPS) is 24.3. The first-order valence-corrected chi connectivity index (χ1v) is 9.12. The minimum Gasteiger partial charge on any atom is -0.450 e. The van der Waals surface area contributed by atoms with E-state index in [1.165, 1.54) is 0 Å². The Morgan fingerprint density at radius 1 is 1.46 bits per heavy atom. The number of ether oxygens (including phenoxy) is 1. The Bertz CT molecular complexity index is 803. The summed E-state index contributed by atoms with van der Waals surface area (Å²) in [7, 11) is 0. The minimum absolute atomic E-state index is 0.197. The monoisotopic (exact) mass is 374 g/mol. The number of amides is 1. The zero-order valence-corrected chi connectivity index (χ0v) is 16.3. The van der Waals surface area contributed by atoms with E-state index in [0.29, 0.717) is 23.9 Å². The van der Waals surface area contributed by atoms with E-state index in [1.54, 1.807) is 11.8 Å². The number of halogens is 1. The van der Waals surface area contributed by atoms with E-state index in [0.717, 1.165) is 12.0 Å². The summed E-state index contributed by atoms with van der Waals surface area (Å²) in [6, 6.07) is 7.38. The molecule has 6 heteroatoms. The Balaban J connectivity index is 1.95. The van der Waals surface area contributed by atoms with E-state index in [-0.39, 0.29) is 11.5 Å². The molecular formula is C20H23ClN2O3. The number of rotatable bonds is 1. The highest BCUT2D eigenvalue weighted by Crippen LogP contribution is 2.54. The molecule has 138 valence electrons. The van der Waals surface area contributed by atoms with Crippen molar-refractivity contribution in [2.24, 2.45) is 16.0 Å². The second-order valence-electron chi connectivity index (χ2n) is 7.52. The van der Waals surface area contributed by atoms with E-state index >= 15 is 0 Å². The molecule has 1 fully saturated rings. The molecule has 2 atom stereocenters. The van der Waals surface area contributed by atoms with Crippen LogP contribution in [0.3, 0.4) is 0 Å². The topological polar surface area (TPSA) is 51.1 Å². The van der Waals surface area contributed by atoms with Crippen molar-refractivity contribution in [3.63, 3.8) is 0 Å². The van der Waals surface area contributed by atoms with Crippen LogP contribution in [0.5, 0.6) is 0 Å². The van der Waals surface area contributed by atoms with Gasteiger partial charge in [-0.3, -0.25) is 4.90 Å². The first kappa shape index (κ1) is 18.6. The highest BCUT2D eigenvalue weighted by Gasteiger charge is 2.63. The van der Waals surface area contributed by atoms with Crippen molar-refractivity contribution in [2.75, 3.05) is 13.2 Å². The van der Waals surface area contributed by atoms with Gasteiger partial charge in [0.25, 0.3) is 0 Å². The van der Waals surface area contributed by atoms with Gasteiger partial charge in [-0.25, -0.2) is 4.79 Å². The maximum Gasteiger partial charge on any atom is 0.412 e. The quantitative estimate of drug-likeness (QED) is 0.689. The number of carbonyl (C=O) groups excluding carboxylic acids is 1. The van der Waals surface area contributed by atoms with Crippen molar-refractivity contribution in [1.82, 2.24) is 4.90 Å². The van der Waals surface area contributed by atoms with Crippen LogP contribution in [0, 0.1) is 22.7 Å². The number of hydrogen-bond acceptors (Lipinski definition) is 4. The van der Waals surface area contributed by atoms with Gasteiger partial charge in [-0.1, -0.05) is 49.5 Å². The summed E-state index contributed by atoms with van der Waals surface area (Å²) in [5.74, 6) is 6.30. The third-order valence-electron chi connectivity index (χ3n) is 5.11. The molecule has 1 amide bonds. The predicted molar refractivity (Wildman–Crippen MR) is 101 cm³/mol. The maximum absolute atomic E-state index is 12.3. The molecule has 2 aliphatic rings. The van der Waals surface area contributed by atoms with Crippen LogP contribution in [0.4, 0.5) is 4.79 Å². The summed E-state index contributed by atoms with van der Waals surface area (Å²) in [5.41, 5.74) is 0.817. The molecule has 0 spiro atoms. The summed E-state index contributed by atoms with van der Waals surface area (Å²) in [6.45, 7) is 9.05. The molecule has 0 aromatic heterocycles. The Morgan fingerprint density at radius 3 is 2.88 bits per heavy atom. The fourth-order valence-corrected chi connectivity index (χ4v) is 3.89. The predicted octanol–water partition coefficient (Wildman–Crippen LogP) is 4.30. The number of likely N-dealkylation sites (tertiary alicyclic amines) is 1. The van der Waals surface area contributed by atoms with Crippen LogP contribution in [0.15, 0.2) is 29.4 Å². The molecule has 26 heavy (non-hydrogen) atoms. The van der Waals surface area contributed by atoms with Crippen LogP contribution in [-0.2, 0) is 9.57 Å². The zero-order chi connectivity index (χ0) is 18.9. The van der Waals surface area contributed by atoms with Gasteiger partial charge < -0.3 is 9.57 Å². The Labute approximate surface area is 159 Å². The van der Waals surface area contributed by atoms with Gasteiger partial charge >= 0.3 is 6.09 Å². The molecule has 1 aromatic carbocycles. The van der Waals surface area contributed by atoms with Crippen LogP contribution in [0.1, 0.15) is 39.7 Å². The Kier molecular flexibility index (Phi) is 4.90. The van der Waals surface area contributed by atoms with Crippen LogP contribution < -0.4 is 0 Å². The number of carbonyl (C=O) groups is 1. The number of benzene rings is 1. The summed E-state index contributed by atoms with van der Waals surface area (Å²) in [6.07, 6.45) is -0.142. The lowest BCUT2D eigenvalue weighted by Gasteiger charge is -2.39. The highest BCUT2D eigenvalue weighted by molar-refractivity contribution is 6.30. The van der Waals surface area contributed by atoms with Gasteiger partial charge in [-0.2, -0.15) is 0 Å². The molecule has 0 N–H and O–H groups in total. The molecule has 5 nitrogen and oxygen atoms in total. The smallest absolute Gasteiger partial charge is 0.412 e. The molecule has 2 unspecified atom stereocenters. The Hall–Kier alpha value is -2.19. The molecular weight excluding hydrogens is 352 g/mol. The zero-order valence-electron chi connectivity index (χ0n) is 15.5. The molecule has 0 radical (unpaired) electrons. The first-order chi connectivity index (χ1) is 12.3. The van der Waals surface area contributed by atoms with Crippen molar-refractivity contribution in [1.29, 1.82) is 0 Å². The number of nitrogens with zero attached hydrogens (tertiary/aromatic N) is 2. The molecule has 2 heterocycles. The molecule has 2 aliphatic heterocycles. The number of fused-ring (bicyclic) bond motifs is 1. The average Bonchev–Trinajstić information content (AvgIpc) is 3.11. The van der Waals surface area contributed by atoms with E-state index in [1.807, 2.05) is 24.3 Å². The third-order valence-corrected chi connectivity index (χ3v) is 5.34. The minimum atomic E-state index is -0.495. The van der Waals surface area contributed by atoms with Crippen molar-refractivity contribution in [3.05, 3.63) is 34.9 Å². The van der Waals surface area contributed by atoms with Gasteiger partial charge in [0.05, 0.1) is 12.0 Å². The standard InChI is InChI=1S/C20H23ClN2O3/c1-5-25-18(24)23-12-11-20(19(2,3)4)16(22-26-17(20)23)10-9-14-7-6-8-15(21)13-14/h6-8,13,17H,5,11-12H2,1-4H3. The third kappa shape index (κ3) is 3.03.